The zero-order chi connectivity index (χ0) is 21.1. The number of quaternary nitrogens is 1. The monoisotopic (exact) mass is 418 g/mol. The molecule has 0 aliphatic rings. The van der Waals surface area contributed by atoms with Crippen LogP contribution in [0.25, 0.3) is 10.9 Å². The van der Waals surface area contributed by atoms with Gasteiger partial charge in [0.05, 0.1) is 15.8 Å². The number of aromatic nitrogens is 2. The summed E-state index contributed by atoms with van der Waals surface area (Å²) in [6, 6.07) is 20.9. The lowest BCUT2D eigenvalue weighted by atomic mass is 9.98. The van der Waals surface area contributed by atoms with E-state index in [0.29, 0.717) is 17.1 Å². The minimum Gasteiger partial charge on any atom is -0.327 e. The predicted octanol–water partition coefficient (Wildman–Crippen LogP) is 4.60. The maximum absolute atomic E-state index is 12.5. The molecule has 4 aromatic rings. The van der Waals surface area contributed by atoms with Crippen LogP contribution in [0, 0.1) is 5.92 Å². The van der Waals surface area contributed by atoms with Gasteiger partial charge in [0.2, 0.25) is 0 Å². The molecule has 0 aliphatic carbocycles. The number of benzene rings is 2. The molecule has 4 nitrogen and oxygen atoms in total. The zero-order valence-electron chi connectivity index (χ0n) is 17.6. The first-order chi connectivity index (χ1) is 14.5. The molecule has 2 aromatic heterocycles. The fourth-order valence-electron chi connectivity index (χ4n) is 3.87. The molecular formula is C25H28N3OS+. The van der Waals surface area contributed by atoms with Crippen molar-refractivity contribution in [3.63, 3.8) is 0 Å². The van der Waals surface area contributed by atoms with Crippen molar-refractivity contribution in [2.24, 2.45) is 5.92 Å². The smallest absolute Gasteiger partial charge is 0.258 e. The van der Waals surface area contributed by atoms with Crippen LogP contribution >= 0.6 is 11.3 Å². The minimum atomic E-state index is -0.0819. The van der Waals surface area contributed by atoms with Crippen molar-refractivity contribution in [3.05, 3.63) is 98.2 Å². The van der Waals surface area contributed by atoms with Crippen LogP contribution in [0.15, 0.2) is 70.8 Å². The summed E-state index contributed by atoms with van der Waals surface area (Å²) < 4.78 is 0. The van der Waals surface area contributed by atoms with Crippen molar-refractivity contribution in [1.29, 1.82) is 0 Å². The number of aromatic amines is 1. The van der Waals surface area contributed by atoms with Crippen LogP contribution in [0.4, 0.5) is 0 Å². The van der Waals surface area contributed by atoms with Crippen molar-refractivity contribution in [2.45, 2.75) is 39.3 Å². The molecule has 0 unspecified atom stereocenters. The first-order valence-electron chi connectivity index (χ1n) is 10.5. The predicted molar refractivity (Wildman–Crippen MR) is 124 cm³/mol. The molecule has 2 heterocycles. The molecule has 2 atom stereocenters. The molecule has 0 amide bonds. The van der Waals surface area contributed by atoms with E-state index in [9.17, 15) is 4.79 Å². The highest BCUT2D eigenvalue weighted by Gasteiger charge is 2.24. The molecule has 5 heteroatoms. The molecule has 4 rings (SSSR count). The Morgan fingerprint density at radius 1 is 1.00 bits per heavy atom. The third kappa shape index (κ3) is 4.53. The molecule has 0 saturated heterocycles. The zero-order valence-corrected chi connectivity index (χ0v) is 18.4. The second-order valence-corrected chi connectivity index (χ2v) is 9.26. The molecule has 0 saturated carbocycles. The van der Waals surface area contributed by atoms with Crippen LogP contribution in [0.2, 0.25) is 0 Å². The summed E-state index contributed by atoms with van der Waals surface area (Å²) in [5, 5.41) is 5.03. The molecule has 154 valence electrons. The Hall–Kier alpha value is -2.76. The summed E-state index contributed by atoms with van der Waals surface area (Å²) in [4.78, 5) is 21.5. The van der Waals surface area contributed by atoms with Crippen LogP contribution < -0.4 is 10.9 Å². The molecule has 0 fully saturated rings. The van der Waals surface area contributed by atoms with E-state index in [2.05, 4.69) is 72.9 Å². The van der Waals surface area contributed by atoms with Gasteiger partial charge in [0, 0.05) is 5.56 Å². The molecule has 30 heavy (non-hydrogen) atoms. The number of fused-ring (bicyclic) bond motifs is 1. The maximum Gasteiger partial charge on any atom is 0.258 e. The highest BCUT2D eigenvalue weighted by Crippen LogP contribution is 2.25. The Kier molecular flexibility index (Phi) is 6.11. The SMILES string of the molecule is CC(C)Cc1ccc([C@@H]([NH2+][C@H](C)c2nc3ccccc3c(=O)[nH]2)c2cccs2)cc1. The van der Waals surface area contributed by atoms with E-state index in [0.717, 1.165) is 11.9 Å². The van der Waals surface area contributed by atoms with Gasteiger partial charge < -0.3 is 10.3 Å². The van der Waals surface area contributed by atoms with E-state index in [1.165, 1.54) is 16.0 Å². The van der Waals surface area contributed by atoms with E-state index in [4.69, 9.17) is 4.98 Å². The molecular weight excluding hydrogens is 390 g/mol. The molecule has 0 spiro atoms. The van der Waals surface area contributed by atoms with Gasteiger partial charge in [-0.1, -0.05) is 56.3 Å². The van der Waals surface area contributed by atoms with Gasteiger partial charge in [-0.3, -0.25) is 4.79 Å². The number of hydrogen-bond acceptors (Lipinski definition) is 3. The number of nitrogens with one attached hydrogen (secondary N) is 1. The lowest BCUT2D eigenvalue weighted by Gasteiger charge is -2.20. The van der Waals surface area contributed by atoms with Crippen molar-refractivity contribution in [2.75, 3.05) is 0 Å². The largest absolute Gasteiger partial charge is 0.327 e. The molecule has 0 radical (unpaired) electrons. The Morgan fingerprint density at radius 3 is 2.47 bits per heavy atom. The van der Waals surface area contributed by atoms with Crippen molar-refractivity contribution in [3.8, 4) is 0 Å². The third-order valence-electron chi connectivity index (χ3n) is 5.38. The Bertz CT molecular complexity index is 1160. The second kappa shape index (κ2) is 8.94. The van der Waals surface area contributed by atoms with E-state index < -0.39 is 0 Å². The fraction of sp³-hybridized carbons (Fsp3) is 0.280. The number of para-hydroxylation sites is 1. The van der Waals surface area contributed by atoms with Crippen molar-refractivity contribution < 1.29 is 5.32 Å². The lowest BCUT2D eigenvalue weighted by molar-refractivity contribution is -0.723. The Balaban J connectivity index is 1.63. The van der Waals surface area contributed by atoms with Crippen molar-refractivity contribution >= 4 is 22.2 Å². The second-order valence-electron chi connectivity index (χ2n) is 8.28. The van der Waals surface area contributed by atoms with Gasteiger partial charge in [0.15, 0.2) is 5.82 Å². The Morgan fingerprint density at radius 2 is 1.77 bits per heavy atom. The number of nitrogens with two attached hydrogens (primary N) is 1. The van der Waals surface area contributed by atoms with Gasteiger partial charge >= 0.3 is 0 Å². The Labute approximate surface area is 181 Å². The summed E-state index contributed by atoms with van der Waals surface area (Å²) in [7, 11) is 0. The number of hydrogen-bond donors (Lipinski definition) is 2. The average Bonchev–Trinajstić information content (AvgIpc) is 3.27. The highest BCUT2D eigenvalue weighted by atomic mass is 32.1. The number of H-pyrrole nitrogens is 1. The van der Waals surface area contributed by atoms with Gasteiger partial charge in [0.1, 0.15) is 12.1 Å². The van der Waals surface area contributed by atoms with Crippen LogP contribution in [0.1, 0.15) is 54.7 Å². The lowest BCUT2D eigenvalue weighted by Crippen LogP contribution is -2.86. The van der Waals surface area contributed by atoms with Gasteiger partial charge in [-0.2, -0.15) is 0 Å². The summed E-state index contributed by atoms with van der Waals surface area (Å²) >= 11 is 1.76. The van der Waals surface area contributed by atoms with Crippen LogP contribution in [0.5, 0.6) is 0 Å². The summed E-state index contributed by atoms with van der Waals surface area (Å²) in [5.74, 6) is 1.35. The number of rotatable bonds is 7. The number of thiophene rings is 1. The van der Waals surface area contributed by atoms with Crippen molar-refractivity contribution in [1.82, 2.24) is 9.97 Å². The van der Waals surface area contributed by atoms with E-state index >= 15 is 0 Å². The fourth-order valence-corrected chi connectivity index (χ4v) is 4.70. The van der Waals surface area contributed by atoms with E-state index in [1.54, 1.807) is 11.3 Å². The van der Waals surface area contributed by atoms with Gasteiger partial charge in [0.25, 0.3) is 5.56 Å². The minimum absolute atomic E-state index is 0.00440. The molecule has 0 aliphatic heterocycles. The first-order valence-corrected chi connectivity index (χ1v) is 11.4. The summed E-state index contributed by atoms with van der Waals surface area (Å²) in [6.07, 6.45) is 1.09. The summed E-state index contributed by atoms with van der Waals surface area (Å²) in [6.45, 7) is 6.59. The molecule has 0 bridgehead atoms. The maximum atomic E-state index is 12.5. The van der Waals surface area contributed by atoms with E-state index in [-0.39, 0.29) is 17.6 Å². The molecule has 3 N–H and O–H groups in total. The third-order valence-corrected chi connectivity index (χ3v) is 6.33. The van der Waals surface area contributed by atoms with Crippen LogP contribution in [-0.2, 0) is 6.42 Å². The molecule has 2 aromatic carbocycles. The normalized spacial score (nSPS) is 13.6. The summed E-state index contributed by atoms with van der Waals surface area (Å²) in [5.41, 5.74) is 3.29. The van der Waals surface area contributed by atoms with Crippen LogP contribution in [0.3, 0.4) is 0 Å². The first kappa shape index (κ1) is 20.5. The quantitative estimate of drug-likeness (QED) is 0.461. The van der Waals surface area contributed by atoms with Gasteiger partial charge in [-0.05, 0) is 48.4 Å². The topological polar surface area (TPSA) is 62.4 Å². The van der Waals surface area contributed by atoms with E-state index in [1.807, 2.05) is 24.3 Å². The van der Waals surface area contributed by atoms with Crippen LogP contribution in [-0.4, -0.2) is 9.97 Å². The highest BCUT2D eigenvalue weighted by molar-refractivity contribution is 7.10. The average molecular weight is 419 g/mol. The van der Waals surface area contributed by atoms with Gasteiger partial charge in [-0.15, -0.1) is 11.3 Å². The van der Waals surface area contributed by atoms with Gasteiger partial charge in [-0.25, -0.2) is 4.98 Å². The number of nitrogens with zero attached hydrogens (tertiary/aromatic N) is 1. The standard InChI is InChI=1S/C25H27N3OS/c1-16(2)15-18-10-12-19(13-11-18)23(22-9-6-14-30-22)26-17(3)24-27-21-8-5-4-7-20(21)25(29)28-24/h4-14,16-17,23,26H,15H2,1-3H3,(H,27,28,29)/p+1/t17-,23-/m1/s1.